The molecule has 1 unspecified atom stereocenters. The van der Waals surface area contributed by atoms with Gasteiger partial charge in [0.15, 0.2) is 0 Å². The van der Waals surface area contributed by atoms with Gasteiger partial charge in [0.2, 0.25) is 0 Å². The molecule has 0 amide bonds. The van der Waals surface area contributed by atoms with Crippen molar-refractivity contribution in [1.82, 2.24) is 0 Å². The average molecular weight is 321 g/mol. The van der Waals surface area contributed by atoms with Crippen molar-refractivity contribution in [3.8, 4) is 5.75 Å². The van der Waals surface area contributed by atoms with Gasteiger partial charge in [0.05, 0.1) is 6.10 Å². The third kappa shape index (κ3) is 11.2. The lowest BCUT2D eigenvalue weighted by molar-refractivity contribution is 0.147. The van der Waals surface area contributed by atoms with Crippen LogP contribution < -0.4 is 0 Å². The van der Waals surface area contributed by atoms with E-state index in [1.807, 2.05) is 12.1 Å². The summed E-state index contributed by atoms with van der Waals surface area (Å²) >= 11 is 0. The molecule has 0 aliphatic carbocycles. The quantitative estimate of drug-likeness (QED) is 0.413. The molecule has 23 heavy (non-hydrogen) atoms. The van der Waals surface area contributed by atoms with Crippen LogP contribution in [-0.2, 0) is 6.42 Å². The predicted octanol–water partition coefficient (Wildman–Crippen LogP) is 6.00. The smallest absolute Gasteiger partial charge is 0.115 e. The fraction of sp³-hybridized carbons (Fsp3) is 0.714. The fourth-order valence-electron chi connectivity index (χ4n) is 3.08. The highest BCUT2D eigenvalue weighted by atomic mass is 16.3. The summed E-state index contributed by atoms with van der Waals surface area (Å²) in [5.41, 5.74) is 1.23. The van der Waals surface area contributed by atoms with Crippen LogP contribution in [0.2, 0.25) is 0 Å². The molecule has 2 heteroatoms. The van der Waals surface area contributed by atoms with Gasteiger partial charge in [0.25, 0.3) is 0 Å². The second-order valence-corrected chi connectivity index (χ2v) is 6.83. The number of aromatic hydroxyl groups is 1. The Morgan fingerprint density at radius 2 is 1.43 bits per heavy atom. The van der Waals surface area contributed by atoms with Crippen molar-refractivity contribution in [3.05, 3.63) is 29.8 Å². The first-order valence-corrected chi connectivity index (χ1v) is 9.68. The Morgan fingerprint density at radius 1 is 0.826 bits per heavy atom. The largest absolute Gasteiger partial charge is 0.508 e. The molecule has 132 valence electrons. The van der Waals surface area contributed by atoms with Crippen LogP contribution in [0.25, 0.3) is 0 Å². The number of hydrogen-bond donors (Lipinski definition) is 2. The summed E-state index contributed by atoms with van der Waals surface area (Å²) in [6.45, 7) is 2.23. The Bertz CT molecular complexity index is 389. The molecule has 1 aromatic rings. The van der Waals surface area contributed by atoms with E-state index < -0.39 is 0 Å². The number of benzene rings is 1. The third-order valence-corrected chi connectivity index (χ3v) is 4.55. The first-order valence-electron chi connectivity index (χ1n) is 9.68. The summed E-state index contributed by atoms with van der Waals surface area (Å²) < 4.78 is 0. The van der Waals surface area contributed by atoms with E-state index >= 15 is 0 Å². The molecule has 1 atom stereocenters. The molecule has 0 aromatic heterocycles. The van der Waals surface area contributed by atoms with Gasteiger partial charge in [-0.05, 0) is 43.4 Å². The highest BCUT2D eigenvalue weighted by molar-refractivity contribution is 5.27. The van der Waals surface area contributed by atoms with Gasteiger partial charge in [-0.15, -0.1) is 0 Å². The maximum absolute atomic E-state index is 9.96. The Hall–Kier alpha value is -1.02. The SMILES string of the molecule is CCCCCCCC(O)CCCCCCCc1cccc(O)c1. The minimum Gasteiger partial charge on any atom is -0.508 e. The number of rotatable bonds is 14. The molecule has 2 N–H and O–H groups in total. The van der Waals surface area contributed by atoms with Gasteiger partial charge in [0.1, 0.15) is 5.75 Å². The van der Waals surface area contributed by atoms with Crippen molar-refractivity contribution < 1.29 is 10.2 Å². The van der Waals surface area contributed by atoms with Gasteiger partial charge < -0.3 is 10.2 Å². The highest BCUT2D eigenvalue weighted by Crippen LogP contribution is 2.16. The molecule has 2 nitrogen and oxygen atoms in total. The number of phenols is 1. The maximum atomic E-state index is 9.96. The summed E-state index contributed by atoms with van der Waals surface area (Å²) in [7, 11) is 0. The maximum Gasteiger partial charge on any atom is 0.115 e. The van der Waals surface area contributed by atoms with Crippen LogP contribution in [0.4, 0.5) is 0 Å². The van der Waals surface area contributed by atoms with Gasteiger partial charge >= 0.3 is 0 Å². The molecule has 1 rings (SSSR count). The number of aryl methyl sites for hydroxylation is 1. The van der Waals surface area contributed by atoms with E-state index in [-0.39, 0.29) is 6.10 Å². The second-order valence-electron chi connectivity index (χ2n) is 6.83. The second kappa shape index (κ2) is 13.4. The van der Waals surface area contributed by atoms with E-state index in [0.29, 0.717) is 5.75 Å². The topological polar surface area (TPSA) is 40.5 Å². The minimum absolute atomic E-state index is 0.0797. The van der Waals surface area contributed by atoms with Gasteiger partial charge in [-0.2, -0.15) is 0 Å². The van der Waals surface area contributed by atoms with Crippen LogP contribution >= 0.6 is 0 Å². The number of aliphatic hydroxyl groups is 1. The highest BCUT2D eigenvalue weighted by Gasteiger charge is 2.03. The predicted molar refractivity (Wildman–Crippen MR) is 98.9 cm³/mol. The summed E-state index contributed by atoms with van der Waals surface area (Å²) in [6.07, 6.45) is 15.4. The third-order valence-electron chi connectivity index (χ3n) is 4.55. The number of hydrogen-bond acceptors (Lipinski definition) is 2. The van der Waals surface area contributed by atoms with E-state index in [1.165, 1.54) is 63.4 Å². The van der Waals surface area contributed by atoms with E-state index in [1.54, 1.807) is 6.07 Å². The van der Waals surface area contributed by atoms with E-state index in [4.69, 9.17) is 0 Å². The average Bonchev–Trinajstić information content (AvgIpc) is 2.54. The zero-order valence-electron chi connectivity index (χ0n) is 15.0. The Morgan fingerprint density at radius 3 is 2.09 bits per heavy atom. The monoisotopic (exact) mass is 320 g/mol. The van der Waals surface area contributed by atoms with Crippen LogP contribution in [0.1, 0.15) is 89.5 Å². The van der Waals surface area contributed by atoms with Crippen molar-refractivity contribution >= 4 is 0 Å². The van der Waals surface area contributed by atoms with Crippen LogP contribution in [0, 0.1) is 0 Å². The number of aliphatic hydroxyl groups excluding tert-OH is 1. The van der Waals surface area contributed by atoms with Crippen molar-refractivity contribution in [2.24, 2.45) is 0 Å². The van der Waals surface area contributed by atoms with E-state index in [2.05, 4.69) is 13.0 Å². The molecule has 0 saturated carbocycles. The van der Waals surface area contributed by atoms with Crippen molar-refractivity contribution in [2.75, 3.05) is 0 Å². The summed E-state index contributed by atoms with van der Waals surface area (Å²) in [5.74, 6) is 0.367. The van der Waals surface area contributed by atoms with Crippen LogP contribution in [0.5, 0.6) is 5.75 Å². The molecule has 0 spiro atoms. The zero-order valence-corrected chi connectivity index (χ0v) is 15.0. The summed E-state index contributed by atoms with van der Waals surface area (Å²) in [6, 6.07) is 7.57. The molecular formula is C21H36O2. The lowest BCUT2D eigenvalue weighted by atomic mass is 10.0. The number of unbranched alkanes of at least 4 members (excludes halogenated alkanes) is 8. The van der Waals surface area contributed by atoms with Crippen molar-refractivity contribution in [1.29, 1.82) is 0 Å². The van der Waals surface area contributed by atoms with E-state index in [9.17, 15) is 10.2 Å². The number of phenolic OH excluding ortho intramolecular Hbond substituents is 1. The van der Waals surface area contributed by atoms with E-state index in [0.717, 1.165) is 25.7 Å². The summed E-state index contributed by atoms with van der Waals surface area (Å²) in [5, 5.41) is 19.4. The molecule has 0 aliphatic rings. The normalized spacial score (nSPS) is 12.4. The molecule has 0 saturated heterocycles. The molecule has 0 radical (unpaired) electrons. The lowest BCUT2D eigenvalue weighted by Crippen LogP contribution is -2.05. The molecule has 0 fully saturated rings. The van der Waals surface area contributed by atoms with Gasteiger partial charge in [-0.1, -0.05) is 76.8 Å². The molecule has 0 aliphatic heterocycles. The molecule has 0 bridgehead atoms. The fourth-order valence-corrected chi connectivity index (χ4v) is 3.08. The van der Waals surface area contributed by atoms with Gasteiger partial charge in [-0.3, -0.25) is 0 Å². The van der Waals surface area contributed by atoms with Crippen molar-refractivity contribution in [3.63, 3.8) is 0 Å². The van der Waals surface area contributed by atoms with Crippen molar-refractivity contribution in [2.45, 2.75) is 96.5 Å². The van der Waals surface area contributed by atoms with Gasteiger partial charge in [-0.25, -0.2) is 0 Å². The van der Waals surface area contributed by atoms with Crippen LogP contribution in [-0.4, -0.2) is 16.3 Å². The first-order chi connectivity index (χ1) is 11.2. The van der Waals surface area contributed by atoms with Crippen LogP contribution in [0.15, 0.2) is 24.3 Å². The standard InChI is InChI=1S/C21H36O2/c1-2-3-4-6-10-15-20(22)16-11-8-5-7-9-13-19-14-12-17-21(23)18-19/h12,14,17-18,20,22-23H,2-11,13,15-16H2,1H3. The lowest BCUT2D eigenvalue weighted by Gasteiger charge is -2.10. The minimum atomic E-state index is -0.0797. The zero-order chi connectivity index (χ0) is 16.8. The Balaban J connectivity index is 1.89. The molecular weight excluding hydrogens is 284 g/mol. The van der Waals surface area contributed by atoms with Crippen LogP contribution in [0.3, 0.4) is 0 Å². The van der Waals surface area contributed by atoms with Gasteiger partial charge in [0, 0.05) is 0 Å². The first kappa shape index (κ1) is 20.0. The Labute approximate surface area is 142 Å². The molecule has 1 aromatic carbocycles. The summed E-state index contributed by atoms with van der Waals surface area (Å²) in [4.78, 5) is 0. The Kier molecular flexibility index (Phi) is 11.7. The molecule has 0 heterocycles.